The van der Waals surface area contributed by atoms with Crippen molar-refractivity contribution >= 4 is 6.09 Å². The zero-order valence-electron chi connectivity index (χ0n) is 12.3. The van der Waals surface area contributed by atoms with Crippen molar-refractivity contribution in [3.63, 3.8) is 0 Å². The maximum Gasteiger partial charge on any atom is 0.425 e. The van der Waals surface area contributed by atoms with Gasteiger partial charge in [-0.2, -0.15) is 5.10 Å². The monoisotopic (exact) mass is 278 g/mol. The molecule has 1 N–H and O–H groups in total. The van der Waals surface area contributed by atoms with Gasteiger partial charge in [0, 0.05) is 11.1 Å². The average molecular weight is 278 g/mol. The first-order chi connectivity index (χ1) is 9.54. The van der Waals surface area contributed by atoms with Crippen molar-refractivity contribution in [3.8, 4) is 0 Å². The second-order valence-electron chi connectivity index (χ2n) is 6.21. The van der Waals surface area contributed by atoms with E-state index in [1.165, 1.54) is 0 Å². The van der Waals surface area contributed by atoms with Gasteiger partial charge < -0.3 is 4.74 Å². The fraction of sp³-hybridized carbons (Fsp3) is 0.714. The van der Waals surface area contributed by atoms with E-state index in [-0.39, 0.29) is 17.7 Å². The number of hydrazine groups is 1. The van der Waals surface area contributed by atoms with Crippen molar-refractivity contribution < 1.29 is 9.53 Å². The molecule has 20 heavy (non-hydrogen) atoms. The van der Waals surface area contributed by atoms with E-state index < -0.39 is 0 Å². The third kappa shape index (κ3) is 1.98. The van der Waals surface area contributed by atoms with Crippen LogP contribution in [0.15, 0.2) is 6.20 Å². The van der Waals surface area contributed by atoms with Crippen LogP contribution in [0.1, 0.15) is 57.3 Å². The molecular formula is C14H22N4O2. The first kappa shape index (κ1) is 13.4. The maximum atomic E-state index is 12.4. The standard InChI is InChI=1S/C14H22N4O2/c1-4-5-6-20-13(19)18-12-7-14(2,3)17(18)9-11-10(12)8-15-16-11/h8,12H,4-7,9H2,1-3H3,(H,15,16). The Labute approximate surface area is 119 Å². The van der Waals surface area contributed by atoms with Gasteiger partial charge in [-0.3, -0.25) is 5.10 Å². The minimum absolute atomic E-state index is 0.0432. The van der Waals surface area contributed by atoms with Crippen molar-refractivity contribution in [2.75, 3.05) is 6.61 Å². The molecule has 110 valence electrons. The number of aromatic nitrogens is 2. The summed E-state index contributed by atoms with van der Waals surface area (Å²) in [7, 11) is 0. The van der Waals surface area contributed by atoms with Gasteiger partial charge >= 0.3 is 6.09 Å². The summed E-state index contributed by atoms with van der Waals surface area (Å²) in [6, 6.07) is 0.0432. The quantitative estimate of drug-likeness (QED) is 0.863. The summed E-state index contributed by atoms with van der Waals surface area (Å²) in [5, 5.41) is 11.0. The van der Waals surface area contributed by atoms with Gasteiger partial charge in [0.05, 0.1) is 31.1 Å². The van der Waals surface area contributed by atoms with Gasteiger partial charge in [0.25, 0.3) is 0 Å². The van der Waals surface area contributed by atoms with Gasteiger partial charge in [0.2, 0.25) is 0 Å². The highest BCUT2D eigenvalue weighted by Crippen LogP contribution is 2.47. The fourth-order valence-electron chi connectivity index (χ4n) is 3.14. The Morgan fingerprint density at radius 3 is 3.15 bits per heavy atom. The molecule has 0 spiro atoms. The molecule has 0 aliphatic carbocycles. The van der Waals surface area contributed by atoms with E-state index >= 15 is 0 Å². The van der Waals surface area contributed by atoms with Gasteiger partial charge in [0.15, 0.2) is 0 Å². The van der Waals surface area contributed by atoms with Gasteiger partial charge in [0.1, 0.15) is 0 Å². The molecule has 2 unspecified atom stereocenters. The smallest absolute Gasteiger partial charge is 0.425 e. The third-order valence-corrected chi connectivity index (χ3v) is 4.28. The highest BCUT2D eigenvalue weighted by Gasteiger charge is 2.52. The molecule has 0 saturated carbocycles. The molecule has 0 aromatic carbocycles. The SMILES string of the molecule is CCCCOC(=O)N1C2CC(C)(C)N1Cc1[nH]ncc12. The van der Waals surface area contributed by atoms with Crippen LogP contribution in [-0.4, -0.2) is 38.5 Å². The number of fused-ring (bicyclic) bond motifs is 4. The Balaban J connectivity index is 1.83. The maximum absolute atomic E-state index is 12.4. The molecule has 1 saturated heterocycles. The Kier molecular flexibility index (Phi) is 3.20. The van der Waals surface area contributed by atoms with Crippen LogP contribution in [0.5, 0.6) is 0 Å². The van der Waals surface area contributed by atoms with Gasteiger partial charge in [-0.15, -0.1) is 0 Å². The number of nitrogens with zero attached hydrogens (tertiary/aromatic N) is 3. The number of hydrogen-bond acceptors (Lipinski definition) is 4. The van der Waals surface area contributed by atoms with Crippen LogP contribution < -0.4 is 0 Å². The van der Waals surface area contributed by atoms with Gasteiger partial charge in [-0.05, 0) is 26.7 Å². The molecule has 2 atom stereocenters. The fourth-order valence-corrected chi connectivity index (χ4v) is 3.14. The predicted octanol–water partition coefficient (Wildman–Crippen LogP) is 2.60. The van der Waals surface area contributed by atoms with E-state index in [0.717, 1.165) is 30.5 Å². The lowest BCUT2D eigenvalue weighted by molar-refractivity contribution is -0.0615. The Bertz CT molecular complexity index is 511. The van der Waals surface area contributed by atoms with Crippen LogP contribution in [0.4, 0.5) is 4.79 Å². The molecule has 3 rings (SSSR count). The minimum Gasteiger partial charge on any atom is -0.448 e. The summed E-state index contributed by atoms with van der Waals surface area (Å²) in [4.78, 5) is 12.4. The van der Waals surface area contributed by atoms with E-state index in [9.17, 15) is 4.79 Å². The van der Waals surface area contributed by atoms with Crippen LogP contribution in [0.3, 0.4) is 0 Å². The Morgan fingerprint density at radius 1 is 1.60 bits per heavy atom. The lowest BCUT2D eigenvalue weighted by Crippen LogP contribution is -2.50. The number of carbonyl (C=O) groups is 1. The number of hydrogen-bond donors (Lipinski definition) is 1. The van der Waals surface area contributed by atoms with Crippen molar-refractivity contribution in [1.29, 1.82) is 0 Å². The van der Waals surface area contributed by atoms with Crippen LogP contribution in [0.2, 0.25) is 0 Å². The summed E-state index contributed by atoms with van der Waals surface area (Å²) in [5.41, 5.74) is 2.19. The summed E-state index contributed by atoms with van der Waals surface area (Å²) in [6.07, 6.45) is 4.44. The number of carbonyl (C=O) groups excluding carboxylic acids is 1. The van der Waals surface area contributed by atoms with Crippen LogP contribution in [0.25, 0.3) is 0 Å². The van der Waals surface area contributed by atoms with E-state index in [1.54, 1.807) is 5.01 Å². The molecule has 1 fully saturated rings. The first-order valence-electron chi connectivity index (χ1n) is 7.30. The van der Waals surface area contributed by atoms with Crippen molar-refractivity contribution in [1.82, 2.24) is 20.2 Å². The lowest BCUT2D eigenvalue weighted by Gasteiger charge is -2.39. The number of rotatable bonds is 3. The normalized spacial score (nSPS) is 26.4. The molecule has 1 amide bonds. The largest absolute Gasteiger partial charge is 0.448 e. The third-order valence-electron chi connectivity index (χ3n) is 4.28. The Hall–Kier alpha value is -1.56. The van der Waals surface area contributed by atoms with E-state index in [4.69, 9.17) is 4.74 Å². The number of nitrogens with one attached hydrogen (secondary N) is 1. The minimum atomic E-state index is -0.235. The molecule has 1 aromatic rings. The molecule has 3 heterocycles. The summed E-state index contributed by atoms with van der Waals surface area (Å²) >= 11 is 0. The van der Waals surface area contributed by atoms with Crippen molar-refractivity contribution in [3.05, 3.63) is 17.5 Å². The van der Waals surface area contributed by atoms with Crippen molar-refractivity contribution in [2.24, 2.45) is 0 Å². The number of unbranched alkanes of at least 4 members (excludes halogenated alkanes) is 1. The molecular weight excluding hydrogens is 256 g/mol. The van der Waals surface area contributed by atoms with E-state index in [0.29, 0.717) is 13.2 Å². The van der Waals surface area contributed by atoms with E-state index in [2.05, 4.69) is 36.0 Å². The van der Waals surface area contributed by atoms with Gasteiger partial charge in [-0.1, -0.05) is 13.3 Å². The zero-order valence-corrected chi connectivity index (χ0v) is 12.3. The van der Waals surface area contributed by atoms with Crippen LogP contribution in [-0.2, 0) is 11.3 Å². The first-order valence-corrected chi connectivity index (χ1v) is 7.30. The highest BCUT2D eigenvalue weighted by molar-refractivity contribution is 5.69. The van der Waals surface area contributed by atoms with E-state index in [1.807, 2.05) is 6.20 Å². The van der Waals surface area contributed by atoms with Crippen LogP contribution in [0, 0.1) is 0 Å². The van der Waals surface area contributed by atoms with Gasteiger partial charge in [-0.25, -0.2) is 14.8 Å². The number of ether oxygens (including phenoxy) is 1. The van der Waals surface area contributed by atoms with Crippen LogP contribution >= 0.6 is 0 Å². The molecule has 1 aromatic heterocycles. The second kappa shape index (κ2) is 4.77. The molecule has 0 radical (unpaired) electrons. The topological polar surface area (TPSA) is 61.5 Å². The summed E-state index contributed by atoms with van der Waals surface area (Å²) in [6.45, 7) is 7.59. The molecule has 6 nitrogen and oxygen atoms in total. The molecule has 2 bridgehead atoms. The summed E-state index contributed by atoms with van der Waals surface area (Å²) < 4.78 is 5.40. The summed E-state index contributed by atoms with van der Waals surface area (Å²) in [5.74, 6) is 0. The predicted molar refractivity (Wildman–Crippen MR) is 73.7 cm³/mol. The second-order valence-corrected chi connectivity index (χ2v) is 6.21. The lowest BCUT2D eigenvalue weighted by atomic mass is 9.96. The molecule has 2 aliphatic heterocycles. The molecule has 2 aliphatic rings. The zero-order chi connectivity index (χ0) is 14.3. The number of H-pyrrole nitrogens is 1. The Morgan fingerprint density at radius 2 is 2.40 bits per heavy atom. The highest BCUT2D eigenvalue weighted by atomic mass is 16.6. The number of amides is 1. The average Bonchev–Trinajstić information content (AvgIpc) is 2.93. The van der Waals surface area contributed by atoms with Crippen molar-refractivity contribution in [2.45, 2.75) is 58.2 Å². The number of aromatic amines is 1. The molecule has 6 heteroatoms.